The predicted octanol–water partition coefficient (Wildman–Crippen LogP) is 4.78. The highest BCUT2D eigenvalue weighted by Crippen LogP contribution is 2.76. The van der Waals surface area contributed by atoms with Gasteiger partial charge in [-0.15, -0.1) is 0 Å². The Bertz CT molecular complexity index is 2650. The van der Waals surface area contributed by atoms with E-state index in [1.165, 1.54) is 17.8 Å². The lowest BCUT2D eigenvalue weighted by Gasteiger charge is -2.57. The highest BCUT2D eigenvalue weighted by Gasteiger charge is 2.82. The van der Waals surface area contributed by atoms with Crippen molar-refractivity contribution >= 4 is 123 Å². The molecular weight excluding hydrogens is 1110 g/mol. The van der Waals surface area contributed by atoms with Crippen molar-refractivity contribution in [3.63, 3.8) is 0 Å². The van der Waals surface area contributed by atoms with Crippen LogP contribution in [0.15, 0.2) is 56.8 Å². The molecule has 3 saturated carbocycles. The fourth-order valence-electron chi connectivity index (χ4n) is 13.6. The fourth-order valence-corrected chi connectivity index (χ4v) is 35.6. The largest absolute Gasteiger partial charge is 0.392 e. The molecule has 0 spiro atoms. The second kappa shape index (κ2) is 22.8. The van der Waals surface area contributed by atoms with Crippen molar-refractivity contribution in [3.8, 4) is 0 Å². The van der Waals surface area contributed by atoms with E-state index in [0.29, 0.717) is 48.3 Å². The van der Waals surface area contributed by atoms with E-state index in [2.05, 4.69) is 46.5 Å². The number of hydrogen-bond donors (Lipinski definition) is 6. The Morgan fingerprint density at radius 2 is 1.04 bits per heavy atom. The van der Waals surface area contributed by atoms with Crippen LogP contribution in [0.4, 0.5) is 0 Å². The van der Waals surface area contributed by atoms with Gasteiger partial charge in [0.25, 0.3) is 0 Å². The summed E-state index contributed by atoms with van der Waals surface area (Å²) >= 11 is 9.38. The highest BCUT2D eigenvalue weighted by atomic mass is 33.4. The molecule has 69 heavy (non-hydrogen) atoms. The molecule has 390 valence electrons. The average molecular weight is 1180 g/mol. The van der Waals surface area contributed by atoms with Crippen molar-refractivity contribution in [2.75, 3.05) is 26.4 Å². The number of Topliss-reactive ketones (excluding diaryl/α,β-unsaturated/α-hetero) is 2. The quantitative estimate of drug-likeness (QED) is 0.200. The smallest absolute Gasteiger partial charge is 0.190 e. The van der Waals surface area contributed by atoms with E-state index >= 15 is 0 Å². The van der Waals surface area contributed by atoms with Gasteiger partial charge < -0.3 is 40.1 Å². The lowest BCUT2D eigenvalue weighted by molar-refractivity contribution is -0.225. The molecule has 0 bridgehead atoms. The van der Waals surface area contributed by atoms with Crippen LogP contribution in [0.3, 0.4) is 0 Å². The van der Waals surface area contributed by atoms with Crippen LogP contribution in [-0.2, 0) is 130 Å². The minimum absolute atomic E-state index is 0. The number of carbonyl (C=O) groups excluding carboxylic acids is 2. The van der Waals surface area contributed by atoms with Gasteiger partial charge in [0, 0.05) is 185 Å². The molecule has 8 rings (SSSR count). The zero-order chi connectivity index (χ0) is 50.5. The van der Waals surface area contributed by atoms with Gasteiger partial charge in [-0.3, -0.25) is 9.59 Å². The predicted molar refractivity (Wildman–Crippen MR) is 302 cm³/mol. The number of ether oxygens (including phenoxy) is 2. The molecule has 1 aliphatic heterocycles. The first-order valence-corrected chi connectivity index (χ1v) is 37.2. The van der Waals surface area contributed by atoms with Crippen LogP contribution in [0.1, 0.15) is 102 Å². The Morgan fingerprint density at radius 1 is 0.638 bits per heavy atom. The van der Waals surface area contributed by atoms with E-state index in [4.69, 9.17) is 9.47 Å². The summed E-state index contributed by atoms with van der Waals surface area (Å²) < 4.78 is 12.4. The summed E-state index contributed by atoms with van der Waals surface area (Å²) in [4.78, 5) is 25.7. The molecule has 24 heteroatoms. The van der Waals surface area contributed by atoms with Crippen LogP contribution in [-0.4, -0.2) is 108 Å². The van der Waals surface area contributed by atoms with Crippen LogP contribution in [0.2, 0.25) is 0 Å². The Kier molecular flexibility index (Phi) is 19.9. The van der Waals surface area contributed by atoms with Crippen molar-refractivity contribution in [2.45, 2.75) is 142 Å². The van der Waals surface area contributed by atoms with Crippen LogP contribution >= 0.6 is 0 Å². The minimum atomic E-state index is -1.75. The van der Waals surface area contributed by atoms with Gasteiger partial charge in [-0.05, 0) is 82.1 Å². The van der Waals surface area contributed by atoms with Gasteiger partial charge in [0.2, 0.25) is 0 Å². The molecule has 0 aromatic rings. The third-order valence-electron chi connectivity index (χ3n) is 16.2. The molecule has 7 aliphatic carbocycles. The molecule has 0 aromatic carbocycles. The molecule has 12 nitrogen and oxygen atoms in total. The van der Waals surface area contributed by atoms with Crippen LogP contribution in [0.5, 0.6) is 0 Å². The fraction of sp³-hybridized carbons (Fsp3) is 0.778. The highest BCUT2D eigenvalue weighted by molar-refractivity contribution is 8.75. The van der Waals surface area contributed by atoms with Gasteiger partial charge in [-0.25, -0.2) is 0 Å². The Balaban J connectivity index is 0.000000208. The van der Waals surface area contributed by atoms with E-state index < -0.39 is 51.4 Å². The van der Waals surface area contributed by atoms with E-state index in [-0.39, 0.29) is 85.7 Å². The van der Waals surface area contributed by atoms with Crippen molar-refractivity contribution in [1.29, 1.82) is 0 Å². The number of azo groups is 1. The van der Waals surface area contributed by atoms with Crippen molar-refractivity contribution in [3.05, 3.63) is 46.6 Å². The number of rotatable bonds is 6. The second-order valence-electron chi connectivity index (χ2n) is 20.3. The van der Waals surface area contributed by atoms with Crippen LogP contribution in [0.25, 0.3) is 0 Å². The zero-order valence-corrected chi connectivity index (χ0v) is 49.5. The molecule has 14 atom stereocenters. The van der Waals surface area contributed by atoms with Crippen molar-refractivity contribution < 1.29 is 49.7 Å². The van der Waals surface area contributed by atoms with Gasteiger partial charge in [-0.1, -0.05) is 59.4 Å². The SMILES string of the molecule is C.CCOC12C[C@@H](C)[C@@]3(O)[C@@H](C=C(CO)C[C@]4(O)C(=O)C(C)=C[C@@H]34)[C@@H]1C(C)(C)N=N2.CCO[C@@]12C[C@@H](C)[C@@]3(O)[C@@H](C=C(CO)C[C@]4(O)C(=O)C(C)=C[C@@H]34)[C@@H]1C2(C)C.S=S=S=S=S=S=S=S=S=S=S=S. The lowest BCUT2D eigenvalue weighted by Crippen LogP contribution is -2.67. The maximum Gasteiger partial charge on any atom is 0.190 e. The molecular formula is C45H68N2O10S12. The maximum atomic E-state index is 12.9. The van der Waals surface area contributed by atoms with Crippen LogP contribution in [0, 0.1) is 52.8 Å². The average Bonchev–Trinajstić information content (AvgIpc) is 3.41. The molecule has 1 unspecified atom stereocenters. The number of hydrogen-bond acceptors (Lipinski definition) is 14. The van der Waals surface area contributed by atoms with Gasteiger partial charge in [0.1, 0.15) is 11.2 Å². The van der Waals surface area contributed by atoms with Crippen LogP contribution < -0.4 is 0 Å². The summed E-state index contributed by atoms with van der Waals surface area (Å²) in [6, 6.07) is 0. The Morgan fingerprint density at radius 3 is 1.45 bits per heavy atom. The monoisotopic (exact) mass is 1180 g/mol. The second-order valence-corrected chi connectivity index (χ2v) is 38.0. The molecule has 3 fully saturated rings. The van der Waals surface area contributed by atoms with Crippen molar-refractivity contribution in [1.82, 2.24) is 0 Å². The topological polar surface area (TPSA) is 199 Å². The molecule has 0 radical (unpaired) electrons. The van der Waals surface area contributed by atoms with Gasteiger partial charge in [0.05, 0.1) is 35.6 Å². The lowest BCUT2D eigenvalue weighted by atomic mass is 9.52. The summed E-state index contributed by atoms with van der Waals surface area (Å²) in [5.41, 5.74) is -5.83. The zero-order valence-electron chi connectivity index (χ0n) is 39.7. The van der Waals surface area contributed by atoms with E-state index in [9.17, 15) is 40.2 Å². The first-order valence-electron chi connectivity index (χ1n) is 22.5. The number of aliphatic hydroxyl groups excluding tert-OH is 2. The summed E-state index contributed by atoms with van der Waals surface area (Å²) in [6.45, 7) is 20.1. The number of nitrogens with zero attached hydrogens (tertiary/aromatic N) is 2. The number of ketones is 2. The van der Waals surface area contributed by atoms with Gasteiger partial charge in [0.15, 0.2) is 17.3 Å². The molecule has 0 aromatic heterocycles. The molecule has 8 aliphatic rings. The molecule has 0 saturated heterocycles. The van der Waals surface area contributed by atoms with E-state index in [1.54, 1.807) is 97.0 Å². The maximum absolute atomic E-state index is 12.9. The third-order valence-corrected chi connectivity index (χ3v) is 36.2. The van der Waals surface area contributed by atoms with Crippen molar-refractivity contribution in [2.24, 2.45) is 63.0 Å². The summed E-state index contributed by atoms with van der Waals surface area (Å²) in [7, 11) is 16.3. The first-order chi connectivity index (χ1) is 31.9. The van der Waals surface area contributed by atoms with E-state index in [0.717, 1.165) is 0 Å². The first kappa shape index (κ1) is 60.1. The summed E-state index contributed by atoms with van der Waals surface area (Å²) in [6.07, 6.45) is 8.51. The Hall–Kier alpha value is 0.220. The normalized spacial score (nSPS) is 40.9. The van der Waals surface area contributed by atoms with Gasteiger partial charge >= 0.3 is 0 Å². The van der Waals surface area contributed by atoms with E-state index in [1.807, 2.05) is 53.7 Å². The minimum Gasteiger partial charge on any atom is -0.392 e. The van der Waals surface area contributed by atoms with Gasteiger partial charge in [-0.2, -0.15) is 10.2 Å². The third kappa shape index (κ3) is 10.2. The summed E-state index contributed by atoms with van der Waals surface area (Å²) in [5.74, 6) is -3.58. The standard InChI is InChI=1S/C22H32N2O5.C22H32O5.CH4.S12/c1-6-29-21-9-13(3)22(28)15(17(21)19(4,5)23-24-21)8-14(11-25)10-20(27)16(22)7-12(2)18(20)26;1-6-27-21-9-13(3)22(26)15(17(21)19(21,4)5)8-14(11-23)10-20(25)16(22)7-12(2)18(20)24;;1-3-5-7-9-11-12-10-8-6-4-2/h7-8,13,15-17,25,27-28H,6,9-11H2,1-5H3;7-8,13,15-17,23,25-26H,6,9-11H2,1-5H3;1H4;/t13-,15+,16-,17-,20-,21?,22-;13-,15+,16-,17-,20-,21+,22-;;/m11../s1. The molecule has 6 N–H and O–H groups in total. The number of fused-ring (bicyclic) bond motifs is 10. The molecule has 1 heterocycles. The number of aliphatic hydroxyl groups is 6. The Labute approximate surface area is 445 Å². The molecule has 0 amide bonds. The number of carbonyl (C=O) groups is 2. The summed E-state index contributed by atoms with van der Waals surface area (Å²) in [5, 5.41) is 76.3.